The molecule has 1 aromatic rings. The van der Waals surface area contributed by atoms with Gasteiger partial charge in [0.15, 0.2) is 0 Å². The molecule has 108 valence electrons. The van der Waals surface area contributed by atoms with Crippen LogP contribution in [0.5, 0.6) is 0 Å². The van der Waals surface area contributed by atoms with Crippen LogP contribution in [0.15, 0.2) is 12.7 Å². The van der Waals surface area contributed by atoms with E-state index in [0.29, 0.717) is 5.56 Å². The second-order valence-electron chi connectivity index (χ2n) is 3.67. The molecule has 0 spiro atoms. The van der Waals surface area contributed by atoms with E-state index in [1.165, 1.54) is 7.11 Å². The summed E-state index contributed by atoms with van der Waals surface area (Å²) < 4.78 is 9.57. The van der Waals surface area contributed by atoms with Gasteiger partial charge in [-0.1, -0.05) is 6.58 Å². The molecular weight excluding hydrogens is 282 g/mol. The van der Waals surface area contributed by atoms with Gasteiger partial charge in [0, 0.05) is 0 Å². The van der Waals surface area contributed by atoms with Crippen LogP contribution in [-0.4, -0.2) is 31.6 Å². The number of hydrogen-bond donors (Lipinski definition) is 1. The van der Waals surface area contributed by atoms with Crippen LogP contribution in [0.1, 0.15) is 32.5 Å². The molecule has 7 heteroatoms. The topological polar surface area (TPSA) is 81.7 Å². The predicted molar refractivity (Wildman–Crippen MR) is 75.2 cm³/mol. The fourth-order valence-electron chi connectivity index (χ4n) is 1.50. The number of amides is 1. The Hall–Kier alpha value is -2.15. The van der Waals surface area contributed by atoms with Crippen LogP contribution in [0, 0.1) is 6.92 Å². The molecule has 0 saturated heterocycles. The number of esters is 2. The van der Waals surface area contributed by atoms with E-state index in [4.69, 9.17) is 4.74 Å². The molecule has 1 rings (SSSR count). The van der Waals surface area contributed by atoms with E-state index in [1.54, 1.807) is 13.8 Å². The van der Waals surface area contributed by atoms with Crippen molar-refractivity contribution in [2.45, 2.75) is 13.8 Å². The molecule has 1 amide bonds. The first-order chi connectivity index (χ1) is 9.46. The highest BCUT2D eigenvalue weighted by atomic mass is 32.1. The van der Waals surface area contributed by atoms with Gasteiger partial charge in [0.2, 0.25) is 5.91 Å². The van der Waals surface area contributed by atoms with E-state index in [-0.39, 0.29) is 22.0 Å². The van der Waals surface area contributed by atoms with Crippen molar-refractivity contribution in [3.05, 3.63) is 28.7 Å². The van der Waals surface area contributed by atoms with Gasteiger partial charge in [-0.25, -0.2) is 9.59 Å². The Labute approximate surface area is 120 Å². The molecule has 0 aliphatic rings. The van der Waals surface area contributed by atoms with Crippen molar-refractivity contribution < 1.29 is 23.9 Å². The lowest BCUT2D eigenvalue weighted by Crippen LogP contribution is -2.12. The van der Waals surface area contributed by atoms with E-state index in [2.05, 4.69) is 16.6 Å². The number of carbonyl (C=O) groups is 3. The Kier molecular flexibility index (Phi) is 5.45. The van der Waals surface area contributed by atoms with Crippen molar-refractivity contribution in [2.24, 2.45) is 0 Å². The van der Waals surface area contributed by atoms with Gasteiger partial charge in [-0.05, 0) is 25.5 Å². The van der Waals surface area contributed by atoms with E-state index >= 15 is 0 Å². The van der Waals surface area contributed by atoms with Crippen LogP contribution < -0.4 is 5.32 Å². The van der Waals surface area contributed by atoms with Gasteiger partial charge in [-0.15, -0.1) is 11.3 Å². The van der Waals surface area contributed by atoms with Crippen molar-refractivity contribution in [3.63, 3.8) is 0 Å². The van der Waals surface area contributed by atoms with Crippen LogP contribution in [-0.2, 0) is 14.3 Å². The van der Waals surface area contributed by atoms with Crippen LogP contribution in [0.2, 0.25) is 0 Å². The predicted octanol–water partition coefficient (Wildman–Crippen LogP) is 2.14. The first-order valence-electron chi connectivity index (χ1n) is 5.78. The summed E-state index contributed by atoms with van der Waals surface area (Å²) in [6.07, 6.45) is 1.07. The Morgan fingerprint density at radius 3 is 2.50 bits per heavy atom. The number of rotatable bonds is 5. The molecule has 0 fully saturated rings. The first-order valence-corrected chi connectivity index (χ1v) is 6.60. The number of thiophene rings is 1. The number of nitrogens with one attached hydrogen (secondary N) is 1. The van der Waals surface area contributed by atoms with Crippen molar-refractivity contribution in [3.8, 4) is 0 Å². The molecule has 0 radical (unpaired) electrons. The molecule has 0 saturated carbocycles. The van der Waals surface area contributed by atoms with E-state index in [1.807, 2.05) is 0 Å². The van der Waals surface area contributed by atoms with Crippen molar-refractivity contribution in [1.82, 2.24) is 0 Å². The fraction of sp³-hybridized carbons (Fsp3) is 0.308. The molecule has 0 aliphatic heterocycles. The highest BCUT2D eigenvalue weighted by molar-refractivity contribution is 7.18. The quantitative estimate of drug-likeness (QED) is 0.665. The van der Waals surface area contributed by atoms with E-state index in [9.17, 15) is 14.4 Å². The maximum absolute atomic E-state index is 11.9. The minimum absolute atomic E-state index is 0.160. The standard InChI is InChI=1S/C13H15NO5S/c1-5-8(15)14-11-9(12(16)19-6-2)7(3)10(20-11)13(17)18-4/h5H,1,6H2,2-4H3,(H,14,15). The number of ether oxygens (including phenoxy) is 2. The Morgan fingerprint density at radius 2 is 2.00 bits per heavy atom. The minimum atomic E-state index is -0.601. The third kappa shape index (κ3) is 3.24. The van der Waals surface area contributed by atoms with Crippen LogP contribution in [0.25, 0.3) is 0 Å². The number of anilines is 1. The summed E-state index contributed by atoms with van der Waals surface area (Å²) in [5.74, 6) is -1.65. The third-order valence-corrected chi connectivity index (χ3v) is 3.61. The van der Waals surface area contributed by atoms with Gasteiger partial charge >= 0.3 is 11.9 Å². The summed E-state index contributed by atoms with van der Waals surface area (Å²) in [4.78, 5) is 35.2. The summed E-state index contributed by atoms with van der Waals surface area (Å²) in [5.41, 5.74) is 0.576. The van der Waals surface area contributed by atoms with Gasteiger partial charge in [0.05, 0.1) is 19.3 Å². The molecule has 0 aromatic carbocycles. The second-order valence-corrected chi connectivity index (χ2v) is 4.69. The lowest BCUT2D eigenvalue weighted by atomic mass is 10.1. The molecule has 0 aliphatic carbocycles. The molecule has 0 unspecified atom stereocenters. The van der Waals surface area contributed by atoms with E-state index < -0.39 is 17.8 Å². The first kappa shape index (κ1) is 15.9. The van der Waals surface area contributed by atoms with E-state index in [0.717, 1.165) is 17.4 Å². The molecule has 6 nitrogen and oxygen atoms in total. The zero-order valence-electron chi connectivity index (χ0n) is 11.4. The van der Waals surface area contributed by atoms with Gasteiger partial charge in [-0.3, -0.25) is 4.79 Å². The van der Waals surface area contributed by atoms with Crippen LogP contribution in [0.3, 0.4) is 0 Å². The van der Waals surface area contributed by atoms with Crippen LogP contribution in [0.4, 0.5) is 5.00 Å². The smallest absolute Gasteiger partial charge is 0.348 e. The maximum Gasteiger partial charge on any atom is 0.348 e. The molecular formula is C13H15NO5S. The normalized spacial score (nSPS) is 9.75. The van der Waals surface area contributed by atoms with Crippen molar-refractivity contribution >= 4 is 34.2 Å². The molecule has 1 N–H and O–H groups in total. The average molecular weight is 297 g/mol. The number of methoxy groups -OCH3 is 1. The lowest BCUT2D eigenvalue weighted by molar-refractivity contribution is -0.111. The molecule has 0 atom stereocenters. The molecule has 1 heterocycles. The molecule has 0 bridgehead atoms. The highest BCUT2D eigenvalue weighted by Gasteiger charge is 2.26. The van der Waals surface area contributed by atoms with Crippen molar-refractivity contribution in [1.29, 1.82) is 0 Å². The fourth-order valence-corrected chi connectivity index (χ4v) is 2.62. The van der Waals surface area contributed by atoms with Gasteiger partial charge < -0.3 is 14.8 Å². The SMILES string of the molecule is C=CC(=O)Nc1sc(C(=O)OC)c(C)c1C(=O)OCC. The molecule has 20 heavy (non-hydrogen) atoms. The summed E-state index contributed by atoms with van der Waals surface area (Å²) in [6, 6.07) is 0. The Bertz CT molecular complexity index is 561. The minimum Gasteiger partial charge on any atom is -0.465 e. The number of carbonyl (C=O) groups excluding carboxylic acids is 3. The zero-order chi connectivity index (χ0) is 15.3. The Morgan fingerprint density at radius 1 is 1.35 bits per heavy atom. The lowest BCUT2D eigenvalue weighted by Gasteiger charge is -2.05. The van der Waals surface area contributed by atoms with Crippen LogP contribution >= 0.6 is 11.3 Å². The van der Waals surface area contributed by atoms with Crippen molar-refractivity contribution in [2.75, 3.05) is 19.0 Å². The second kappa shape index (κ2) is 6.85. The summed E-state index contributed by atoms with van der Waals surface area (Å²) in [7, 11) is 1.24. The summed E-state index contributed by atoms with van der Waals surface area (Å²) in [5, 5.41) is 2.73. The monoisotopic (exact) mass is 297 g/mol. The maximum atomic E-state index is 11.9. The van der Waals surface area contributed by atoms with Gasteiger partial charge in [-0.2, -0.15) is 0 Å². The zero-order valence-corrected chi connectivity index (χ0v) is 12.3. The number of hydrogen-bond acceptors (Lipinski definition) is 6. The summed E-state index contributed by atoms with van der Waals surface area (Å²) in [6.45, 7) is 6.79. The summed E-state index contributed by atoms with van der Waals surface area (Å²) >= 11 is 0.962. The molecule has 1 aromatic heterocycles. The average Bonchev–Trinajstić information content (AvgIpc) is 2.74. The Balaban J connectivity index is 3.32. The highest BCUT2D eigenvalue weighted by Crippen LogP contribution is 2.34. The van der Waals surface area contributed by atoms with Gasteiger partial charge in [0.25, 0.3) is 0 Å². The van der Waals surface area contributed by atoms with Gasteiger partial charge in [0.1, 0.15) is 9.88 Å². The third-order valence-electron chi connectivity index (χ3n) is 2.42. The largest absolute Gasteiger partial charge is 0.465 e.